The van der Waals surface area contributed by atoms with Crippen molar-refractivity contribution < 1.29 is 9.59 Å². The van der Waals surface area contributed by atoms with E-state index in [1.807, 2.05) is 11.8 Å². The number of halogens is 1. The Morgan fingerprint density at radius 1 is 1.27 bits per heavy atom. The molecule has 1 aliphatic rings. The molecule has 2 amide bonds. The van der Waals surface area contributed by atoms with Crippen LogP contribution in [0.2, 0.25) is 5.02 Å². The van der Waals surface area contributed by atoms with Crippen LogP contribution in [-0.4, -0.2) is 45.6 Å². The Kier molecular flexibility index (Phi) is 5.45. The normalized spacial score (nSPS) is 16.5. The molecule has 1 aromatic heterocycles. The van der Waals surface area contributed by atoms with Gasteiger partial charge >= 0.3 is 0 Å². The summed E-state index contributed by atoms with van der Waals surface area (Å²) in [7, 11) is 0. The molecule has 0 spiro atoms. The van der Waals surface area contributed by atoms with E-state index in [0.29, 0.717) is 10.7 Å². The van der Waals surface area contributed by atoms with Crippen LogP contribution in [0.25, 0.3) is 0 Å². The maximum Gasteiger partial charge on any atom is 0.244 e. The number of aryl methyl sites for hydroxylation is 1. The molecule has 122 valence electrons. The van der Waals surface area contributed by atoms with E-state index in [1.54, 1.807) is 18.5 Å². The number of nitrogens with one attached hydrogen (secondary N) is 1. The minimum Gasteiger partial charge on any atom is -0.343 e. The van der Waals surface area contributed by atoms with Gasteiger partial charge in [0.15, 0.2) is 0 Å². The van der Waals surface area contributed by atoms with Crippen LogP contribution in [-0.2, 0) is 16.1 Å². The smallest absolute Gasteiger partial charge is 0.244 e. The molecule has 1 atom stereocenters. The largest absolute Gasteiger partial charge is 0.343 e. The quantitative estimate of drug-likeness (QED) is 0.915. The zero-order chi connectivity index (χ0) is 16.3. The van der Waals surface area contributed by atoms with Gasteiger partial charge in [-0.25, -0.2) is 0 Å². The highest BCUT2D eigenvalue weighted by Crippen LogP contribution is 2.18. The fraction of sp³-hybridized carbons (Fsp3) is 0.667. The van der Waals surface area contributed by atoms with Crippen molar-refractivity contribution in [3.05, 3.63) is 16.4 Å². The fourth-order valence-corrected chi connectivity index (χ4v) is 2.84. The third-order valence-electron chi connectivity index (χ3n) is 4.00. The average Bonchev–Trinajstić information content (AvgIpc) is 2.74. The van der Waals surface area contributed by atoms with Gasteiger partial charge in [-0.15, -0.1) is 0 Å². The van der Waals surface area contributed by atoms with Crippen LogP contribution in [0.4, 0.5) is 0 Å². The summed E-state index contributed by atoms with van der Waals surface area (Å²) >= 11 is 6.06. The van der Waals surface area contributed by atoms with E-state index in [2.05, 4.69) is 10.4 Å². The monoisotopic (exact) mass is 326 g/mol. The van der Waals surface area contributed by atoms with Gasteiger partial charge in [0.05, 0.1) is 16.4 Å². The van der Waals surface area contributed by atoms with Crippen molar-refractivity contribution in [1.82, 2.24) is 20.0 Å². The zero-order valence-corrected chi connectivity index (χ0v) is 14.1. The molecule has 2 rings (SSSR count). The van der Waals surface area contributed by atoms with E-state index in [-0.39, 0.29) is 18.4 Å². The lowest BCUT2D eigenvalue weighted by Gasteiger charge is -2.29. The van der Waals surface area contributed by atoms with E-state index in [1.165, 1.54) is 6.42 Å². The number of amides is 2. The van der Waals surface area contributed by atoms with Crippen LogP contribution < -0.4 is 5.32 Å². The van der Waals surface area contributed by atoms with E-state index in [0.717, 1.165) is 31.6 Å². The first-order chi connectivity index (χ1) is 10.4. The lowest BCUT2D eigenvalue weighted by Crippen LogP contribution is -2.49. The molecule has 6 nitrogen and oxygen atoms in total. The highest BCUT2D eigenvalue weighted by Gasteiger charge is 2.23. The first-order valence-electron chi connectivity index (χ1n) is 7.67. The van der Waals surface area contributed by atoms with E-state index < -0.39 is 6.04 Å². The molecule has 0 saturated carbocycles. The lowest BCUT2D eigenvalue weighted by molar-refractivity contribution is -0.136. The maximum absolute atomic E-state index is 12.3. The van der Waals surface area contributed by atoms with Gasteiger partial charge in [-0.1, -0.05) is 11.6 Å². The lowest BCUT2D eigenvalue weighted by atomic mass is 10.1. The predicted molar refractivity (Wildman–Crippen MR) is 84.7 cm³/mol. The summed E-state index contributed by atoms with van der Waals surface area (Å²) in [5, 5.41) is 7.54. The van der Waals surface area contributed by atoms with Crippen molar-refractivity contribution in [3.8, 4) is 0 Å². The highest BCUT2D eigenvalue weighted by molar-refractivity contribution is 6.31. The van der Waals surface area contributed by atoms with Gasteiger partial charge in [0.1, 0.15) is 12.6 Å². The predicted octanol–water partition coefficient (Wildman–Crippen LogP) is 1.67. The summed E-state index contributed by atoms with van der Waals surface area (Å²) in [5.74, 6) is -0.250. The van der Waals surface area contributed by atoms with Crippen LogP contribution in [0.5, 0.6) is 0 Å². The third-order valence-corrected chi connectivity index (χ3v) is 4.55. The summed E-state index contributed by atoms with van der Waals surface area (Å²) in [6.45, 7) is 6.97. The Morgan fingerprint density at radius 3 is 2.45 bits per heavy atom. The van der Waals surface area contributed by atoms with Gasteiger partial charge in [0.25, 0.3) is 0 Å². The number of piperidine rings is 1. The molecule has 1 aliphatic heterocycles. The van der Waals surface area contributed by atoms with Crippen molar-refractivity contribution in [2.75, 3.05) is 13.1 Å². The fourth-order valence-electron chi connectivity index (χ4n) is 2.70. The number of hydrogen-bond acceptors (Lipinski definition) is 3. The molecule has 1 aromatic rings. The number of carbonyl (C=O) groups excluding carboxylic acids is 2. The van der Waals surface area contributed by atoms with Crippen LogP contribution >= 0.6 is 11.6 Å². The van der Waals surface area contributed by atoms with Crippen LogP contribution in [0.1, 0.15) is 37.6 Å². The number of hydrogen-bond donors (Lipinski definition) is 1. The average molecular weight is 327 g/mol. The standard InChI is InChI=1S/C15H23ClN4O2/c1-10-14(16)12(3)20(18-10)9-13(21)17-11(2)15(22)19-7-5-4-6-8-19/h11H,4-9H2,1-3H3,(H,17,21). The summed E-state index contributed by atoms with van der Waals surface area (Å²) in [6.07, 6.45) is 3.25. The van der Waals surface area contributed by atoms with Gasteiger partial charge in [0.2, 0.25) is 11.8 Å². The Morgan fingerprint density at radius 2 is 1.91 bits per heavy atom. The van der Waals surface area contributed by atoms with Gasteiger partial charge in [-0.2, -0.15) is 5.10 Å². The molecule has 0 aromatic carbocycles. The number of rotatable bonds is 4. The summed E-state index contributed by atoms with van der Waals surface area (Å²) < 4.78 is 1.56. The Bertz CT molecular complexity index is 564. The number of nitrogens with zero attached hydrogens (tertiary/aromatic N) is 3. The van der Waals surface area contributed by atoms with Crippen LogP contribution in [0.15, 0.2) is 0 Å². The maximum atomic E-state index is 12.3. The van der Waals surface area contributed by atoms with Crippen LogP contribution in [0, 0.1) is 13.8 Å². The van der Waals surface area contributed by atoms with Gasteiger partial charge in [-0.05, 0) is 40.0 Å². The number of carbonyl (C=O) groups is 2. The van der Waals surface area contributed by atoms with Gasteiger partial charge in [-0.3, -0.25) is 14.3 Å². The summed E-state index contributed by atoms with van der Waals surface area (Å²) in [5.41, 5.74) is 1.45. The second kappa shape index (κ2) is 7.13. The topological polar surface area (TPSA) is 67.2 Å². The molecule has 0 aliphatic carbocycles. The van der Waals surface area contributed by atoms with Gasteiger partial charge < -0.3 is 10.2 Å². The summed E-state index contributed by atoms with van der Waals surface area (Å²) in [4.78, 5) is 26.2. The van der Waals surface area contributed by atoms with Crippen molar-refractivity contribution in [3.63, 3.8) is 0 Å². The minimum atomic E-state index is -0.516. The molecule has 0 radical (unpaired) electrons. The van der Waals surface area contributed by atoms with Crippen molar-refractivity contribution in [1.29, 1.82) is 0 Å². The zero-order valence-electron chi connectivity index (χ0n) is 13.4. The Balaban J connectivity index is 1.90. The first-order valence-corrected chi connectivity index (χ1v) is 8.05. The molecule has 2 heterocycles. The first kappa shape index (κ1) is 16.8. The molecule has 1 unspecified atom stereocenters. The molecular weight excluding hydrogens is 304 g/mol. The molecule has 1 N–H and O–H groups in total. The third kappa shape index (κ3) is 3.80. The van der Waals surface area contributed by atoms with E-state index in [9.17, 15) is 9.59 Å². The number of aromatic nitrogens is 2. The molecule has 1 fully saturated rings. The second-order valence-corrected chi connectivity index (χ2v) is 6.20. The van der Waals surface area contributed by atoms with Crippen molar-refractivity contribution in [2.24, 2.45) is 0 Å². The Hall–Kier alpha value is -1.56. The summed E-state index contributed by atoms with van der Waals surface area (Å²) in [6, 6.07) is -0.516. The second-order valence-electron chi connectivity index (χ2n) is 5.82. The van der Waals surface area contributed by atoms with Crippen LogP contribution in [0.3, 0.4) is 0 Å². The van der Waals surface area contributed by atoms with Crippen molar-refractivity contribution >= 4 is 23.4 Å². The molecule has 1 saturated heterocycles. The van der Waals surface area contributed by atoms with E-state index >= 15 is 0 Å². The van der Waals surface area contributed by atoms with Crippen molar-refractivity contribution in [2.45, 2.75) is 52.6 Å². The van der Waals surface area contributed by atoms with E-state index in [4.69, 9.17) is 11.6 Å². The molecular formula is C15H23ClN4O2. The molecule has 22 heavy (non-hydrogen) atoms. The van der Waals surface area contributed by atoms with Gasteiger partial charge in [0, 0.05) is 13.1 Å². The Labute approximate surface area is 135 Å². The SMILES string of the molecule is Cc1nn(CC(=O)NC(C)C(=O)N2CCCCC2)c(C)c1Cl. The number of likely N-dealkylation sites (tertiary alicyclic amines) is 1. The molecule has 7 heteroatoms. The minimum absolute atomic E-state index is 0.0144. The highest BCUT2D eigenvalue weighted by atomic mass is 35.5. The molecule has 0 bridgehead atoms.